The fourth-order valence-corrected chi connectivity index (χ4v) is 2.50. The van der Waals surface area contributed by atoms with E-state index in [0.29, 0.717) is 18.0 Å². The van der Waals surface area contributed by atoms with Crippen molar-refractivity contribution in [3.05, 3.63) is 0 Å². The molecule has 1 aliphatic carbocycles. The molecule has 100 valence electrons. The van der Waals surface area contributed by atoms with Gasteiger partial charge in [0, 0.05) is 19.1 Å². The Bertz CT molecular complexity index is 261. The molecule has 1 unspecified atom stereocenters. The number of hydrogen-bond acceptors (Lipinski definition) is 2. The molecular weight excluding hydrogens is 212 g/mol. The molecule has 3 nitrogen and oxygen atoms in total. The lowest BCUT2D eigenvalue weighted by atomic mass is 9.73. The fraction of sp³-hybridized carbons (Fsp3) is 0.929. The van der Waals surface area contributed by atoms with E-state index in [4.69, 9.17) is 0 Å². The highest BCUT2D eigenvalue weighted by Gasteiger charge is 2.32. The van der Waals surface area contributed by atoms with E-state index in [1.807, 2.05) is 25.8 Å². The predicted octanol–water partition coefficient (Wildman–Crippen LogP) is 2.41. The minimum atomic E-state index is 0.196. The van der Waals surface area contributed by atoms with Crippen LogP contribution >= 0.6 is 0 Å². The number of amides is 1. The lowest BCUT2D eigenvalue weighted by Gasteiger charge is -2.39. The minimum Gasteiger partial charge on any atom is -0.342 e. The van der Waals surface area contributed by atoms with Gasteiger partial charge in [-0.15, -0.1) is 0 Å². The van der Waals surface area contributed by atoms with Gasteiger partial charge in [-0.25, -0.2) is 0 Å². The molecule has 0 heterocycles. The van der Waals surface area contributed by atoms with Gasteiger partial charge >= 0.3 is 0 Å². The van der Waals surface area contributed by atoms with Crippen LogP contribution < -0.4 is 5.32 Å². The molecule has 1 fully saturated rings. The Kier molecular flexibility index (Phi) is 4.99. The van der Waals surface area contributed by atoms with Gasteiger partial charge in [-0.05, 0) is 32.1 Å². The molecule has 0 aliphatic heterocycles. The van der Waals surface area contributed by atoms with Crippen LogP contribution in [-0.2, 0) is 4.79 Å². The standard InChI is InChI=1S/C14H28N2O/c1-11(2)16(5)13(17)10-15-12-8-6-7-9-14(12,3)4/h11-12,15H,6-10H2,1-5H3. The molecule has 0 radical (unpaired) electrons. The monoisotopic (exact) mass is 240 g/mol. The van der Waals surface area contributed by atoms with Crippen LogP contribution in [0.4, 0.5) is 0 Å². The number of rotatable bonds is 4. The van der Waals surface area contributed by atoms with Crippen molar-refractivity contribution in [1.29, 1.82) is 0 Å². The Hall–Kier alpha value is -0.570. The van der Waals surface area contributed by atoms with E-state index in [9.17, 15) is 4.79 Å². The van der Waals surface area contributed by atoms with E-state index in [1.54, 1.807) is 0 Å². The van der Waals surface area contributed by atoms with E-state index < -0.39 is 0 Å². The van der Waals surface area contributed by atoms with Crippen molar-refractivity contribution in [2.24, 2.45) is 5.41 Å². The van der Waals surface area contributed by atoms with Gasteiger partial charge in [-0.1, -0.05) is 26.7 Å². The van der Waals surface area contributed by atoms with Crippen LogP contribution in [0.3, 0.4) is 0 Å². The first-order valence-electron chi connectivity index (χ1n) is 6.83. The average molecular weight is 240 g/mol. The Labute approximate surface area is 106 Å². The molecular formula is C14H28N2O. The second-order valence-electron chi connectivity index (χ2n) is 6.27. The first-order valence-corrected chi connectivity index (χ1v) is 6.83. The first-order chi connectivity index (χ1) is 7.84. The maximum absolute atomic E-state index is 11.9. The van der Waals surface area contributed by atoms with Crippen LogP contribution in [0.2, 0.25) is 0 Å². The molecule has 1 amide bonds. The van der Waals surface area contributed by atoms with Gasteiger partial charge in [-0.2, -0.15) is 0 Å². The third kappa shape index (κ3) is 3.98. The lowest BCUT2D eigenvalue weighted by molar-refractivity contribution is -0.130. The van der Waals surface area contributed by atoms with Gasteiger partial charge < -0.3 is 10.2 Å². The molecule has 1 aliphatic rings. The van der Waals surface area contributed by atoms with Crippen molar-refractivity contribution in [3.63, 3.8) is 0 Å². The summed E-state index contributed by atoms with van der Waals surface area (Å²) in [5, 5.41) is 3.46. The van der Waals surface area contributed by atoms with E-state index in [1.165, 1.54) is 25.7 Å². The Morgan fingerprint density at radius 1 is 1.41 bits per heavy atom. The van der Waals surface area contributed by atoms with Gasteiger partial charge in [0.2, 0.25) is 5.91 Å². The summed E-state index contributed by atoms with van der Waals surface area (Å²) in [4.78, 5) is 13.7. The number of hydrogen-bond donors (Lipinski definition) is 1. The van der Waals surface area contributed by atoms with Crippen LogP contribution in [0.5, 0.6) is 0 Å². The average Bonchev–Trinajstić information content (AvgIpc) is 2.25. The zero-order valence-electron chi connectivity index (χ0n) is 12.0. The molecule has 17 heavy (non-hydrogen) atoms. The summed E-state index contributed by atoms with van der Waals surface area (Å²) in [5.74, 6) is 0.196. The number of likely N-dealkylation sites (N-methyl/N-ethyl adjacent to an activating group) is 1. The molecule has 0 saturated heterocycles. The van der Waals surface area contributed by atoms with Crippen LogP contribution in [-0.4, -0.2) is 36.5 Å². The highest BCUT2D eigenvalue weighted by atomic mass is 16.2. The van der Waals surface area contributed by atoms with Crippen LogP contribution in [0, 0.1) is 5.41 Å². The van der Waals surface area contributed by atoms with Gasteiger partial charge in [0.1, 0.15) is 0 Å². The van der Waals surface area contributed by atoms with E-state index >= 15 is 0 Å². The third-order valence-corrected chi connectivity index (χ3v) is 4.17. The van der Waals surface area contributed by atoms with Crippen LogP contribution in [0.1, 0.15) is 53.4 Å². The Morgan fingerprint density at radius 2 is 2.06 bits per heavy atom. The smallest absolute Gasteiger partial charge is 0.236 e. The fourth-order valence-electron chi connectivity index (χ4n) is 2.50. The van der Waals surface area contributed by atoms with Crippen molar-refractivity contribution in [2.45, 2.75) is 65.5 Å². The summed E-state index contributed by atoms with van der Waals surface area (Å²) in [6.07, 6.45) is 5.07. The molecule has 0 aromatic carbocycles. The minimum absolute atomic E-state index is 0.196. The topological polar surface area (TPSA) is 32.3 Å². The third-order valence-electron chi connectivity index (χ3n) is 4.17. The SMILES string of the molecule is CC(C)N(C)C(=O)CNC1CCCCC1(C)C. The highest BCUT2D eigenvalue weighted by molar-refractivity contribution is 5.78. The van der Waals surface area contributed by atoms with E-state index in [0.717, 1.165) is 0 Å². The first kappa shape index (κ1) is 14.5. The van der Waals surface area contributed by atoms with Crippen molar-refractivity contribution < 1.29 is 4.79 Å². The van der Waals surface area contributed by atoms with Crippen LogP contribution in [0.25, 0.3) is 0 Å². The number of carbonyl (C=O) groups excluding carboxylic acids is 1. The van der Waals surface area contributed by atoms with Gasteiger partial charge in [0.05, 0.1) is 6.54 Å². The van der Waals surface area contributed by atoms with E-state index in [2.05, 4.69) is 19.2 Å². The summed E-state index contributed by atoms with van der Waals surface area (Å²) in [6, 6.07) is 0.768. The summed E-state index contributed by atoms with van der Waals surface area (Å²) < 4.78 is 0. The second kappa shape index (κ2) is 5.85. The van der Waals surface area contributed by atoms with Crippen molar-refractivity contribution in [1.82, 2.24) is 10.2 Å². The Morgan fingerprint density at radius 3 is 2.59 bits per heavy atom. The normalized spacial score (nSPS) is 23.8. The van der Waals surface area contributed by atoms with Gasteiger partial charge in [-0.3, -0.25) is 4.79 Å². The molecule has 0 bridgehead atoms. The maximum Gasteiger partial charge on any atom is 0.236 e. The van der Waals surface area contributed by atoms with E-state index in [-0.39, 0.29) is 11.9 Å². The zero-order chi connectivity index (χ0) is 13.1. The largest absolute Gasteiger partial charge is 0.342 e. The highest BCUT2D eigenvalue weighted by Crippen LogP contribution is 2.35. The predicted molar refractivity (Wildman–Crippen MR) is 71.9 cm³/mol. The van der Waals surface area contributed by atoms with Gasteiger partial charge in [0.25, 0.3) is 0 Å². The molecule has 0 spiro atoms. The molecule has 0 aromatic heterocycles. The zero-order valence-corrected chi connectivity index (χ0v) is 12.0. The Balaban J connectivity index is 2.42. The van der Waals surface area contributed by atoms with Gasteiger partial charge in [0.15, 0.2) is 0 Å². The molecule has 1 saturated carbocycles. The second-order valence-corrected chi connectivity index (χ2v) is 6.27. The molecule has 1 rings (SSSR count). The van der Waals surface area contributed by atoms with Crippen molar-refractivity contribution in [2.75, 3.05) is 13.6 Å². The summed E-state index contributed by atoms with van der Waals surface area (Å²) in [5.41, 5.74) is 0.328. The van der Waals surface area contributed by atoms with Crippen LogP contribution in [0.15, 0.2) is 0 Å². The molecule has 3 heteroatoms. The molecule has 1 atom stereocenters. The van der Waals surface area contributed by atoms with Crippen molar-refractivity contribution >= 4 is 5.91 Å². The number of nitrogens with one attached hydrogen (secondary N) is 1. The summed E-state index contributed by atoms with van der Waals surface area (Å²) in [7, 11) is 1.88. The lowest BCUT2D eigenvalue weighted by Crippen LogP contribution is -2.48. The molecule has 1 N–H and O–H groups in total. The maximum atomic E-state index is 11.9. The molecule has 0 aromatic rings. The van der Waals surface area contributed by atoms with Crippen molar-refractivity contribution in [3.8, 4) is 0 Å². The number of nitrogens with zero attached hydrogens (tertiary/aromatic N) is 1. The quantitative estimate of drug-likeness (QED) is 0.818. The summed E-state index contributed by atoms with van der Waals surface area (Å²) in [6.45, 7) is 9.18. The number of carbonyl (C=O) groups is 1. The summed E-state index contributed by atoms with van der Waals surface area (Å²) >= 11 is 0.